The molecule has 27 heavy (non-hydrogen) atoms. The highest BCUT2D eigenvalue weighted by Gasteiger charge is 2.27. The Labute approximate surface area is 163 Å². The molecule has 0 amide bonds. The monoisotopic (exact) mass is 371 g/mol. The average molecular weight is 372 g/mol. The summed E-state index contributed by atoms with van der Waals surface area (Å²) in [6.07, 6.45) is 6.39. The molecule has 0 radical (unpaired) electrons. The van der Waals surface area contributed by atoms with Crippen molar-refractivity contribution in [1.29, 1.82) is 0 Å². The van der Waals surface area contributed by atoms with Crippen molar-refractivity contribution >= 4 is 11.8 Å². The van der Waals surface area contributed by atoms with E-state index < -0.39 is 0 Å². The molecule has 7 heteroatoms. The molecule has 3 heterocycles. The van der Waals surface area contributed by atoms with E-state index in [1.165, 1.54) is 17.8 Å². The summed E-state index contributed by atoms with van der Waals surface area (Å²) >= 11 is 0. The van der Waals surface area contributed by atoms with E-state index in [0.717, 1.165) is 50.1 Å². The predicted molar refractivity (Wildman–Crippen MR) is 111 cm³/mol. The first-order valence-electron chi connectivity index (χ1n) is 9.80. The molecule has 148 valence electrons. The van der Waals surface area contributed by atoms with Crippen molar-refractivity contribution in [1.82, 2.24) is 24.4 Å². The maximum atomic E-state index is 4.86. The van der Waals surface area contributed by atoms with E-state index in [9.17, 15) is 0 Å². The minimum absolute atomic E-state index is 0.438. The van der Waals surface area contributed by atoms with Crippen molar-refractivity contribution < 1.29 is 0 Å². The van der Waals surface area contributed by atoms with Crippen LogP contribution < -0.4 is 9.80 Å². The second-order valence-corrected chi connectivity index (χ2v) is 8.02. The number of rotatable bonds is 6. The fraction of sp³-hybridized carbons (Fsp3) is 0.650. The lowest BCUT2D eigenvalue weighted by Crippen LogP contribution is -2.37. The number of imidazole rings is 1. The maximum Gasteiger partial charge on any atom is 0.227 e. The Morgan fingerprint density at radius 2 is 1.93 bits per heavy atom. The Bertz CT molecular complexity index is 766. The predicted octanol–water partition coefficient (Wildman–Crippen LogP) is 2.30. The molecule has 2 aromatic rings. The summed E-state index contributed by atoms with van der Waals surface area (Å²) in [4.78, 5) is 20.8. The standard InChI is InChI=1S/C20H33N7/c1-15-16(2)22-20(25(5)6)23-18(15)27-10-7-8-17(14-27)19-21-9-11-26(19)13-12-24(3)4/h9,11,17H,7-8,10,12-14H2,1-6H3. The van der Waals surface area contributed by atoms with Crippen LogP contribution in [0.2, 0.25) is 0 Å². The third-order valence-electron chi connectivity index (χ3n) is 5.37. The van der Waals surface area contributed by atoms with E-state index in [2.05, 4.69) is 53.5 Å². The number of anilines is 2. The van der Waals surface area contributed by atoms with E-state index in [-0.39, 0.29) is 0 Å². The molecular formula is C20H33N7. The normalized spacial score (nSPS) is 17.6. The van der Waals surface area contributed by atoms with E-state index >= 15 is 0 Å². The number of aromatic nitrogens is 4. The molecule has 0 aromatic carbocycles. The van der Waals surface area contributed by atoms with Gasteiger partial charge < -0.3 is 19.3 Å². The van der Waals surface area contributed by atoms with Crippen molar-refractivity contribution in [3.63, 3.8) is 0 Å². The molecule has 0 bridgehead atoms. The first-order chi connectivity index (χ1) is 12.9. The quantitative estimate of drug-likeness (QED) is 0.777. The van der Waals surface area contributed by atoms with Gasteiger partial charge >= 0.3 is 0 Å². The van der Waals surface area contributed by atoms with Crippen molar-refractivity contribution in [2.45, 2.75) is 39.2 Å². The topological polar surface area (TPSA) is 53.3 Å². The second kappa shape index (κ2) is 8.25. The molecule has 1 aliphatic heterocycles. The molecule has 7 nitrogen and oxygen atoms in total. The van der Waals surface area contributed by atoms with E-state index in [4.69, 9.17) is 9.97 Å². The van der Waals surface area contributed by atoms with Gasteiger partial charge in [-0.3, -0.25) is 0 Å². The van der Waals surface area contributed by atoms with E-state index in [1.807, 2.05) is 25.2 Å². The lowest BCUT2D eigenvalue weighted by Gasteiger charge is -2.35. The molecule has 1 saturated heterocycles. The Kier molecular flexibility index (Phi) is 5.99. The van der Waals surface area contributed by atoms with Gasteiger partial charge in [-0.05, 0) is 40.8 Å². The molecule has 3 rings (SSSR count). The van der Waals surface area contributed by atoms with Crippen molar-refractivity contribution in [3.05, 3.63) is 29.5 Å². The summed E-state index contributed by atoms with van der Waals surface area (Å²) in [7, 11) is 8.21. The minimum atomic E-state index is 0.438. The molecule has 0 N–H and O–H groups in total. The Morgan fingerprint density at radius 3 is 2.63 bits per heavy atom. The smallest absolute Gasteiger partial charge is 0.227 e. The van der Waals surface area contributed by atoms with Crippen LogP contribution in [0.25, 0.3) is 0 Å². The van der Waals surface area contributed by atoms with Gasteiger partial charge in [0, 0.05) is 69.8 Å². The fourth-order valence-corrected chi connectivity index (χ4v) is 3.66. The van der Waals surface area contributed by atoms with Gasteiger partial charge in [-0.1, -0.05) is 0 Å². The fourth-order valence-electron chi connectivity index (χ4n) is 3.66. The third-order valence-corrected chi connectivity index (χ3v) is 5.37. The third kappa shape index (κ3) is 4.40. The van der Waals surface area contributed by atoms with Crippen LogP contribution in [0, 0.1) is 13.8 Å². The van der Waals surface area contributed by atoms with Gasteiger partial charge in [0.05, 0.1) is 0 Å². The van der Waals surface area contributed by atoms with Crippen molar-refractivity contribution in [2.24, 2.45) is 0 Å². The second-order valence-electron chi connectivity index (χ2n) is 8.02. The highest BCUT2D eigenvalue weighted by atomic mass is 15.3. The van der Waals surface area contributed by atoms with Gasteiger partial charge in [0.1, 0.15) is 11.6 Å². The highest BCUT2D eigenvalue weighted by Crippen LogP contribution is 2.31. The zero-order valence-corrected chi connectivity index (χ0v) is 17.6. The van der Waals surface area contributed by atoms with Gasteiger partial charge in [0.25, 0.3) is 0 Å². The summed E-state index contributed by atoms with van der Waals surface area (Å²) in [5, 5.41) is 0. The minimum Gasteiger partial charge on any atom is -0.355 e. The first kappa shape index (κ1) is 19.6. The molecule has 1 aliphatic rings. The molecule has 0 saturated carbocycles. The number of hydrogen-bond donors (Lipinski definition) is 0. The van der Waals surface area contributed by atoms with Crippen molar-refractivity contribution in [3.8, 4) is 0 Å². The van der Waals surface area contributed by atoms with Crippen LogP contribution in [-0.2, 0) is 6.54 Å². The van der Waals surface area contributed by atoms with Crippen LogP contribution >= 0.6 is 0 Å². The van der Waals surface area contributed by atoms with Gasteiger partial charge in [-0.2, -0.15) is 4.98 Å². The molecule has 2 aromatic heterocycles. The Morgan fingerprint density at radius 1 is 1.15 bits per heavy atom. The number of aryl methyl sites for hydroxylation is 1. The van der Waals surface area contributed by atoms with Gasteiger partial charge in [-0.15, -0.1) is 0 Å². The lowest BCUT2D eigenvalue weighted by molar-refractivity contribution is 0.373. The summed E-state index contributed by atoms with van der Waals surface area (Å²) in [5.74, 6) is 3.50. The summed E-state index contributed by atoms with van der Waals surface area (Å²) < 4.78 is 2.32. The molecular weight excluding hydrogens is 338 g/mol. The number of hydrogen-bond acceptors (Lipinski definition) is 6. The Balaban J connectivity index is 1.82. The zero-order chi connectivity index (χ0) is 19.6. The number of nitrogens with zero attached hydrogens (tertiary/aromatic N) is 7. The lowest BCUT2D eigenvalue weighted by atomic mass is 9.96. The molecule has 0 spiro atoms. The maximum absolute atomic E-state index is 4.86. The van der Waals surface area contributed by atoms with E-state index in [1.54, 1.807) is 0 Å². The molecule has 0 aliphatic carbocycles. The van der Waals surface area contributed by atoms with Crippen molar-refractivity contribution in [2.75, 3.05) is 57.6 Å². The SMILES string of the molecule is Cc1nc(N(C)C)nc(N2CCCC(c3nccn3CCN(C)C)C2)c1C. The zero-order valence-electron chi connectivity index (χ0n) is 17.6. The van der Waals surface area contributed by atoms with Crippen LogP contribution in [0.4, 0.5) is 11.8 Å². The van der Waals surface area contributed by atoms with Gasteiger partial charge in [-0.25, -0.2) is 9.97 Å². The van der Waals surface area contributed by atoms with Gasteiger partial charge in [0.15, 0.2) is 0 Å². The van der Waals surface area contributed by atoms with Gasteiger partial charge in [0.2, 0.25) is 5.95 Å². The van der Waals surface area contributed by atoms with Crippen LogP contribution in [0.15, 0.2) is 12.4 Å². The van der Waals surface area contributed by atoms with Crippen LogP contribution in [0.1, 0.15) is 35.8 Å². The summed E-state index contributed by atoms with van der Waals surface area (Å²) in [5.41, 5.74) is 2.23. The van der Waals surface area contributed by atoms with Crippen LogP contribution in [0.5, 0.6) is 0 Å². The summed E-state index contributed by atoms with van der Waals surface area (Å²) in [6.45, 7) is 8.21. The van der Waals surface area contributed by atoms with Crippen LogP contribution in [0.3, 0.4) is 0 Å². The molecule has 1 fully saturated rings. The molecule has 1 unspecified atom stereocenters. The Hall–Kier alpha value is -2.15. The van der Waals surface area contributed by atoms with E-state index in [0.29, 0.717) is 5.92 Å². The highest BCUT2D eigenvalue weighted by molar-refractivity contribution is 5.52. The average Bonchev–Trinajstić information content (AvgIpc) is 3.10. The molecule has 1 atom stereocenters. The summed E-state index contributed by atoms with van der Waals surface area (Å²) in [6, 6.07) is 0. The largest absolute Gasteiger partial charge is 0.355 e. The first-order valence-corrected chi connectivity index (χ1v) is 9.80. The number of piperidine rings is 1. The number of likely N-dealkylation sites (N-methyl/N-ethyl adjacent to an activating group) is 1. The van der Waals surface area contributed by atoms with Crippen LogP contribution in [-0.4, -0.2) is 72.2 Å².